The van der Waals surface area contributed by atoms with E-state index in [1.165, 1.54) is 31.0 Å². The number of amides is 3. The Morgan fingerprint density at radius 2 is 1.04 bits per heavy atom. The molecule has 54 heavy (non-hydrogen) atoms. The van der Waals surface area contributed by atoms with Crippen molar-refractivity contribution in [1.82, 2.24) is 16.0 Å². The van der Waals surface area contributed by atoms with Gasteiger partial charge in [-0.25, -0.2) is 4.79 Å². The summed E-state index contributed by atoms with van der Waals surface area (Å²) in [5, 5.41) is 18.3. The number of carbonyl (C=O) groups excluding carboxylic acids is 4. The number of hydrogen-bond donors (Lipinski definition) is 5. The topological polar surface area (TPSA) is 160 Å². The van der Waals surface area contributed by atoms with Crippen LogP contribution in [0.15, 0.2) is 146 Å². The summed E-state index contributed by atoms with van der Waals surface area (Å²) >= 11 is 1.47. The predicted molar refractivity (Wildman–Crippen MR) is 210 cm³/mol. The molecule has 0 aromatic heterocycles. The minimum absolute atomic E-state index is 0.0176. The number of phenolic OH excluding ortho intramolecular Hbond substituents is 1. The molecule has 0 aliphatic carbocycles. The Hall–Kier alpha value is -5.91. The molecule has 0 saturated heterocycles. The molecule has 3 amide bonds. The predicted octanol–water partition coefficient (Wildman–Crippen LogP) is 4.49. The molecule has 11 heteroatoms. The third-order valence-corrected chi connectivity index (χ3v) is 10.6. The van der Waals surface area contributed by atoms with Gasteiger partial charge < -0.3 is 31.5 Å². The monoisotopic (exact) mass is 744 g/mol. The quantitative estimate of drug-likeness (QED) is 0.0689. The fourth-order valence-corrected chi connectivity index (χ4v) is 7.78. The first-order valence-electron chi connectivity index (χ1n) is 17.5. The number of carbonyl (C=O) groups is 4. The van der Waals surface area contributed by atoms with Crippen LogP contribution in [0.3, 0.4) is 0 Å². The summed E-state index contributed by atoms with van der Waals surface area (Å²) in [7, 11) is 1.24. The molecular weight excluding hydrogens is 701 g/mol. The van der Waals surface area contributed by atoms with Gasteiger partial charge in [0.05, 0.1) is 18.4 Å². The Balaban J connectivity index is 1.48. The van der Waals surface area contributed by atoms with Gasteiger partial charge in [-0.15, -0.1) is 11.8 Å². The van der Waals surface area contributed by atoms with E-state index in [2.05, 4.69) is 16.0 Å². The standard InChI is InChI=1S/C43H44N4O6S/c1-53-42(52)37(27-30-14-6-2-7-15-30)47-40(50)36(26-31-22-24-35(48)25-23-31)46-41(51)38(45-39(49)28-44)29-54-43(32-16-8-3-9-17-32,33-18-10-4-11-19-33)34-20-12-5-13-21-34/h2-25,36-38,48H,26-29,44H2,1H3,(H,45,49)(H,46,51)(H,47,50)/t36-,37-,38-/m0/s1. The summed E-state index contributed by atoms with van der Waals surface area (Å²) in [6.07, 6.45) is 0.176. The van der Waals surface area contributed by atoms with Crippen molar-refractivity contribution in [3.8, 4) is 5.75 Å². The van der Waals surface area contributed by atoms with Crippen LogP contribution in [-0.4, -0.2) is 66.3 Å². The fraction of sp³-hybridized carbons (Fsp3) is 0.209. The molecule has 5 rings (SSSR count). The Morgan fingerprint density at radius 1 is 0.611 bits per heavy atom. The number of thioether (sulfide) groups is 1. The molecule has 0 saturated carbocycles. The van der Waals surface area contributed by atoms with E-state index in [9.17, 15) is 24.3 Å². The summed E-state index contributed by atoms with van der Waals surface area (Å²) in [5.41, 5.74) is 10.1. The van der Waals surface area contributed by atoms with Crippen molar-refractivity contribution in [3.63, 3.8) is 0 Å². The first-order valence-corrected chi connectivity index (χ1v) is 18.5. The first-order chi connectivity index (χ1) is 26.2. The van der Waals surface area contributed by atoms with E-state index in [1.807, 2.05) is 121 Å². The number of nitrogens with one attached hydrogen (secondary N) is 3. The van der Waals surface area contributed by atoms with Crippen molar-refractivity contribution < 1.29 is 29.0 Å². The van der Waals surface area contributed by atoms with Crippen LogP contribution < -0.4 is 21.7 Å². The molecule has 0 fully saturated rings. The number of hydrogen-bond acceptors (Lipinski definition) is 8. The van der Waals surface area contributed by atoms with Crippen molar-refractivity contribution in [2.45, 2.75) is 35.7 Å². The van der Waals surface area contributed by atoms with Gasteiger partial charge in [0.15, 0.2) is 0 Å². The third-order valence-electron chi connectivity index (χ3n) is 8.94. The molecule has 0 aliphatic rings. The molecule has 0 heterocycles. The number of esters is 1. The Morgan fingerprint density at radius 3 is 1.52 bits per heavy atom. The maximum Gasteiger partial charge on any atom is 0.328 e. The van der Waals surface area contributed by atoms with Gasteiger partial charge >= 0.3 is 5.97 Å². The first kappa shape index (κ1) is 39.3. The molecule has 6 N–H and O–H groups in total. The molecule has 3 atom stereocenters. The third kappa shape index (κ3) is 10.1. The lowest BCUT2D eigenvalue weighted by molar-refractivity contribution is -0.145. The van der Waals surface area contributed by atoms with E-state index in [0.717, 1.165) is 22.3 Å². The zero-order chi connectivity index (χ0) is 38.3. The average molecular weight is 745 g/mol. The van der Waals surface area contributed by atoms with E-state index in [4.69, 9.17) is 10.5 Å². The number of benzene rings is 5. The van der Waals surface area contributed by atoms with E-state index >= 15 is 0 Å². The van der Waals surface area contributed by atoms with Crippen LogP contribution >= 0.6 is 11.8 Å². The smallest absolute Gasteiger partial charge is 0.328 e. The maximum absolute atomic E-state index is 14.4. The molecule has 0 unspecified atom stereocenters. The minimum atomic E-state index is -1.19. The highest BCUT2D eigenvalue weighted by atomic mass is 32.2. The molecule has 10 nitrogen and oxygen atoms in total. The number of rotatable bonds is 17. The van der Waals surface area contributed by atoms with Gasteiger partial charge in [-0.1, -0.05) is 133 Å². The van der Waals surface area contributed by atoms with Gasteiger partial charge in [-0.3, -0.25) is 14.4 Å². The lowest BCUT2D eigenvalue weighted by atomic mass is 9.84. The summed E-state index contributed by atoms with van der Waals surface area (Å²) in [6, 6.07) is 41.8. The number of nitrogens with two attached hydrogens (primary N) is 1. The summed E-state index contributed by atoms with van der Waals surface area (Å²) in [6.45, 7) is -0.354. The molecule has 5 aromatic carbocycles. The Kier molecular flexibility index (Phi) is 14.0. The van der Waals surface area contributed by atoms with Crippen molar-refractivity contribution in [2.24, 2.45) is 5.73 Å². The molecule has 0 bridgehead atoms. The second kappa shape index (κ2) is 19.2. The summed E-state index contributed by atoms with van der Waals surface area (Å²) in [4.78, 5) is 54.1. The van der Waals surface area contributed by atoms with E-state index in [0.29, 0.717) is 5.56 Å². The highest BCUT2D eigenvalue weighted by Crippen LogP contribution is 2.48. The molecule has 278 valence electrons. The second-order valence-electron chi connectivity index (χ2n) is 12.6. The fourth-order valence-electron chi connectivity index (χ4n) is 6.22. The lowest BCUT2D eigenvalue weighted by Crippen LogP contribution is -2.58. The van der Waals surface area contributed by atoms with Crippen LogP contribution in [0.4, 0.5) is 0 Å². The zero-order valence-electron chi connectivity index (χ0n) is 29.9. The summed E-state index contributed by atoms with van der Waals surface area (Å²) < 4.78 is 4.21. The molecule has 5 aromatic rings. The van der Waals surface area contributed by atoms with Crippen LogP contribution in [0.25, 0.3) is 0 Å². The highest BCUT2D eigenvalue weighted by Gasteiger charge is 2.39. The highest BCUT2D eigenvalue weighted by molar-refractivity contribution is 8.00. The van der Waals surface area contributed by atoms with Gasteiger partial charge in [0.2, 0.25) is 17.7 Å². The van der Waals surface area contributed by atoms with Crippen molar-refractivity contribution in [1.29, 1.82) is 0 Å². The number of phenols is 1. The Bertz CT molecular complexity index is 1870. The molecule has 0 aliphatic heterocycles. The van der Waals surface area contributed by atoms with Gasteiger partial charge in [0.1, 0.15) is 23.9 Å². The van der Waals surface area contributed by atoms with Crippen LogP contribution in [-0.2, 0) is 41.5 Å². The van der Waals surface area contributed by atoms with Crippen LogP contribution in [0.5, 0.6) is 5.75 Å². The summed E-state index contributed by atoms with van der Waals surface area (Å²) in [5.74, 6) is -2.32. The Labute approximate surface area is 319 Å². The molecule has 0 radical (unpaired) electrons. The van der Waals surface area contributed by atoms with Crippen LogP contribution in [0.2, 0.25) is 0 Å². The SMILES string of the molecule is COC(=O)[C@H](Cc1ccccc1)NC(=O)[C@H](Cc1ccc(O)cc1)NC(=O)[C@H](CSC(c1ccccc1)(c1ccccc1)c1ccccc1)NC(=O)CN. The lowest BCUT2D eigenvalue weighted by Gasteiger charge is -2.36. The van der Waals surface area contributed by atoms with E-state index in [-0.39, 0.29) is 30.9 Å². The second-order valence-corrected chi connectivity index (χ2v) is 13.9. The van der Waals surface area contributed by atoms with Crippen LogP contribution in [0.1, 0.15) is 27.8 Å². The zero-order valence-corrected chi connectivity index (χ0v) is 30.7. The van der Waals surface area contributed by atoms with Crippen molar-refractivity contribution in [2.75, 3.05) is 19.4 Å². The van der Waals surface area contributed by atoms with Gasteiger partial charge in [-0.05, 0) is 39.9 Å². The van der Waals surface area contributed by atoms with E-state index < -0.39 is 46.6 Å². The molecule has 0 spiro atoms. The van der Waals surface area contributed by atoms with Crippen molar-refractivity contribution in [3.05, 3.63) is 173 Å². The molecular formula is C43H44N4O6S. The van der Waals surface area contributed by atoms with Gasteiger partial charge in [0, 0.05) is 18.6 Å². The van der Waals surface area contributed by atoms with E-state index in [1.54, 1.807) is 12.1 Å². The number of ether oxygens (including phenoxy) is 1. The van der Waals surface area contributed by atoms with Gasteiger partial charge in [-0.2, -0.15) is 0 Å². The van der Waals surface area contributed by atoms with Crippen LogP contribution in [0, 0.1) is 0 Å². The van der Waals surface area contributed by atoms with Gasteiger partial charge in [0.25, 0.3) is 0 Å². The van der Waals surface area contributed by atoms with Crippen molar-refractivity contribution >= 4 is 35.5 Å². The number of methoxy groups -OCH3 is 1. The number of aromatic hydroxyl groups is 1. The maximum atomic E-state index is 14.4. The normalized spacial score (nSPS) is 12.8. The average Bonchev–Trinajstić information content (AvgIpc) is 3.22. The largest absolute Gasteiger partial charge is 0.508 e. The minimum Gasteiger partial charge on any atom is -0.508 e.